The lowest BCUT2D eigenvalue weighted by molar-refractivity contribution is 0.0623. The molecule has 6 heteroatoms. The summed E-state index contributed by atoms with van der Waals surface area (Å²) in [6.45, 7) is 4.35. The number of halogens is 2. The summed E-state index contributed by atoms with van der Waals surface area (Å²) in [7, 11) is 2.09. The number of aliphatic hydroxyl groups excluding tert-OH is 1. The summed E-state index contributed by atoms with van der Waals surface area (Å²) >= 11 is 5.87. The molecule has 4 nitrogen and oxygen atoms in total. The predicted molar refractivity (Wildman–Crippen MR) is 118 cm³/mol. The average Bonchev–Trinajstić information content (AvgIpc) is 3.11. The first-order chi connectivity index (χ1) is 14.4. The van der Waals surface area contributed by atoms with Crippen molar-refractivity contribution in [3.63, 3.8) is 0 Å². The number of carbonyl (C=O) groups is 1. The van der Waals surface area contributed by atoms with Crippen LogP contribution >= 0.6 is 11.6 Å². The summed E-state index contributed by atoms with van der Waals surface area (Å²) in [4.78, 5) is 17.1. The number of benzene rings is 2. The van der Waals surface area contributed by atoms with Crippen molar-refractivity contribution in [2.24, 2.45) is 11.8 Å². The van der Waals surface area contributed by atoms with Gasteiger partial charge in [0.25, 0.3) is 5.91 Å². The molecule has 0 aromatic heterocycles. The molecule has 0 spiro atoms. The molecule has 30 heavy (non-hydrogen) atoms. The van der Waals surface area contributed by atoms with E-state index in [2.05, 4.69) is 31.0 Å². The molecule has 0 radical (unpaired) electrons. The number of nitrogens with zero attached hydrogens (tertiary/aromatic N) is 2. The van der Waals surface area contributed by atoms with Crippen LogP contribution in [0.25, 0.3) is 0 Å². The lowest BCUT2D eigenvalue weighted by Crippen LogP contribution is -2.43. The maximum atomic E-state index is 13.5. The Kier molecular flexibility index (Phi) is 7.87. The lowest BCUT2D eigenvalue weighted by Gasteiger charge is -2.30. The highest BCUT2D eigenvalue weighted by Gasteiger charge is 2.43. The molecule has 0 bridgehead atoms. The van der Waals surface area contributed by atoms with E-state index in [0.717, 1.165) is 25.9 Å². The molecular weight excluding hydrogens is 403 g/mol. The molecule has 0 unspecified atom stereocenters. The van der Waals surface area contributed by atoms with Crippen molar-refractivity contribution in [1.82, 2.24) is 9.80 Å². The second-order valence-electron chi connectivity index (χ2n) is 8.17. The first-order valence-electron chi connectivity index (χ1n) is 10.5. The summed E-state index contributed by atoms with van der Waals surface area (Å²) < 4.78 is 13.5. The first-order valence-corrected chi connectivity index (χ1v) is 10.9. The van der Waals surface area contributed by atoms with Crippen molar-refractivity contribution in [2.75, 3.05) is 33.3 Å². The van der Waals surface area contributed by atoms with Gasteiger partial charge in [-0.2, -0.15) is 0 Å². The van der Waals surface area contributed by atoms with E-state index >= 15 is 0 Å². The van der Waals surface area contributed by atoms with E-state index in [1.807, 2.05) is 18.2 Å². The van der Waals surface area contributed by atoms with Crippen LogP contribution in [0.4, 0.5) is 4.39 Å². The Morgan fingerprint density at radius 1 is 1.27 bits per heavy atom. The van der Waals surface area contributed by atoms with E-state index in [1.165, 1.54) is 23.8 Å². The van der Waals surface area contributed by atoms with Gasteiger partial charge in [0.2, 0.25) is 0 Å². The minimum atomic E-state index is -0.544. The smallest absolute Gasteiger partial charge is 0.254 e. The van der Waals surface area contributed by atoms with Crippen molar-refractivity contribution in [3.05, 3.63) is 70.5 Å². The Balaban J connectivity index is 1.69. The molecule has 2 aromatic carbocycles. The minimum absolute atomic E-state index is 0.0650. The van der Waals surface area contributed by atoms with Gasteiger partial charge in [0.1, 0.15) is 5.82 Å². The monoisotopic (exact) mass is 432 g/mol. The third-order valence-corrected chi connectivity index (χ3v) is 6.51. The molecule has 1 amide bonds. The molecule has 1 heterocycles. The number of hydrogen-bond donors (Lipinski definition) is 1. The van der Waals surface area contributed by atoms with Gasteiger partial charge in [0.05, 0.1) is 17.7 Å². The highest BCUT2D eigenvalue weighted by atomic mass is 35.5. The highest BCUT2D eigenvalue weighted by Crippen LogP contribution is 2.34. The molecule has 0 saturated carbocycles. The first kappa shape index (κ1) is 22.7. The molecule has 1 fully saturated rings. The van der Waals surface area contributed by atoms with Crippen LogP contribution in [0.3, 0.4) is 0 Å². The van der Waals surface area contributed by atoms with Gasteiger partial charge in [0.15, 0.2) is 0 Å². The molecule has 3 atom stereocenters. The van der Waals surface area contributed by atoms with E-state index in [9.17, 15) is 14.3 Å². The van der Waals surface area contributed by atoms with Crippen LogP contribution < -0.4 is 0 Å². The van der Waals surface area contributed by atoms with Crippen LogP contribution in [0.1, 0.15) is 29.3 Å². The molecule has 1 aliphatic heterocycles. The zero-order chi connectivity index (χ0) is 21.7. The van der Waals surface area contributed by atoms with Crippen LogP contribution in [-0.2, 0) is 6.42 Å². The summed E-state index contributed by atoms with van der Waals surface area (Å²) in [5.74, 6) is -0.261. The van der Waals surface area contributed by atoms with Gasteiger partial charge in [-0.3, -0.25) is 4.79 Å². The maximum absolute atomic E-state index is 13.5. The fourth-order valence-electron chi connectivity index (χ4n) is 4.45. The Bertz CT molecular complexity index is 848. The van der Waals surface area contributed by atoms with Crippen molar-refractivity contribution in [1.29, 1.82) is 0 Å². The lowest BCUT2D eigenvalue weighted by atomic mass is 9.88. The quantitative estimate of drug-likeness (QED) is 0.682. The van der Waals surface area contributed by atoms with Gasteiger partial charge in [-0.05, 0) is 49.1 Å². The van der Waals surface area contributed by atoms with E-state index in [0.29, 0.717) is 18.0 Å². The third kappa shape index (κ3) is 5.20. The van der Waals surface area contributed by atoms with Crippen LogP contribution in [0.2, 0.25) is 5.02 Å². The summed E-state index contributed by atoms with van der Waals surface area (Å²) in [6, 6.07) is 14.1. The number of likely N-dealkylation sites (tertiary alicyclic amines) is 1. The summed E-state index contributed by atoms with van der Waals surface area (Å²) in [5, 5.41) is 10.1. The zero-order valence-electron chi connectivity index (χ0n) is 17.6. The van der Waals surface area contributed by atoms with E-state index in [-0.39, 0.29) is 29.5 Å². The van der Waals surface area contributed by atoms with Crippen molar-refractivity contribution < 1.29 is 14.3 Å². The fourth-order valence-corrected chi connectivity index (χ4v) is 4.63. The third-order valence-electron chi connectivity index (χ3n) is 6.22. The molecule has 2 aromatic rings. The number of likely N-dealkylation sites (N-methyl/N-ethyl adjacent to an activating group) is 1. The molecular formula is C24H30ClFN2O2. The largest absolute Gasteiger partial charge is 0.394 e. The van der Waals surface area contributed by atoms with Gasteiger partial charge in [-0.15, -0.1) is 0 Å². The Morgan fingerprint density at radius 3 is 2.63 bits per heavy atom. The number of hydrogen-bond acceptors (Lipinski definition) is 3. The van der Waals surface area contributed by atoms with Gasteiger partial charge >= 0.3 is 0 Å². The average molecular weight is 433 g/mol. The molecule has 3 rings (SSSR count). The molecule has 1 saturated heterocycles. The predicted octanol–water partition coefficient (Wildman–Crippen LogP) is 4.11. The van der Waals surface area contributed by atoms with E-state index in [4.69, 9.17) is 11.6 Å². The molecule has 162 valence electrons. The van der Waals surface area contributed by atoms with Crippen LogP contribution in [-0.4, -0.2) is 60.1 Å². The summed E-state index contributed by atoms with van der Waals surface area (Å²) in [6.07, 6.45) is 1.89. The number of aliphatic hydroxyl groups is 1. The minimum Gasteiger partial charge on any atom is -0.394 e. The SMILES string of the molecule is CC[C@@H]1CN(C(=O)c2ccc(F)c(Cl)c2)[C@H](CO)[C@@H]1CN(C)CCc1ccccc1. The van der Waals surface area contributed by atoms with Crippen molar-refractivity contribution in [3.8, 4) is 0 Å². The number of amides is 1. The Labute approximate surface area is 183 Å². The van der Waals surface area contributed by atoms with E-state index < -0.39 is 5.82 Å². The summed E-state index contributed by atoms with van der Waals surface area (Å²) in [5.41, 5.74) is 1.65. The number of carbonyl (C=O) groups excluding carboxylic acids is 1. The second kappa shape index (κ2) is 10.4. The normalized spacial score (nSPS) is 21.4. The van der Waals surface area contributed by atoms with Gasteiger partial charge in [-0.1, -0.05) is 55.3 Å². The van der Waals surface area contributed by atoms with Crippen molar-refractivity contribution >= 4 is 17.5 Å². The highest BCUT2D eigenvalue weighted by molar-refractivity contribution is 6.31. The fraction of sp³-hybridized carbons (Fsp3) is 0.458. The maximum Gasteiger partial charge on any atom is 0.254 e. The van der Waals surface area contributed by atoms with Gasteiger partial charge in [0, 0.05) is 25.2 Å². The number of rotatable bonds is 8. The van der Waals surface area contributed by atoms with Crippen LogP contribution in [0.5, 0.6) is 0 Å². The van der Waals surface area contributed by atoms with Crippen LogP contribution in [0, 0.1) is 17.7 Å². The molecule has 1 aliphatic rings. The molecule has 1 N–H and O–H groups in total. The van der Waals surface area contributed by atoms with Gasteiger partial charge < -0.3 is 14.9 Å². The van der Waals surface area contributed by atoms with Crippen LogP contribution in [0.15, 0.2) is 48.5 Å². The second-order valence-corrected chi connectivity index (χ2v) is 8.57. The Morgan fingerprint density at radius 2 is 2.00 bits per heavy atom. The topological polar surface area (TPSA) is 43.8 Å². The van der Waals surface area contributed by atoms with E-state index in [1.54, 1.807) is 4.90 Å². The molecule has 0 aliphatic carbocycles. The van der Waals surface area contributed by atoms with Gasteiger partial charge in [-0.25, -0.2) is 4.39 Å². The zero-order valence-corrected chi connectivity index (χ0v) is 18.4. The standard InChI is InChI=1S/C24H30ClFN2O2/c1-3-18-14-28(24(30)19-9-10-22(26)21(25)13-19)23(16-29)20(18)15-27(2)12-11-17-7-5-4-6-8-17/h4-10,13,18,20,23,29H,3,11-12,14-16H2,1-2H3/t18-,20-,23-/m1/s1. The Hall–Kier alpha value is -1.95. The van der Waals surface area contributed by atoms with Crippen molar-refractivity contribution in [2.45, 2.75) is 25.8 Å².